The van der Waals surface area contributed by atoms with Crippen LogP contribution in [0.5, 0.6) is 0 Å². The minimum absolute atomic E-state index is 0. The molecule has 0 amide bonds. The van der Waals surface area contributed by atoms with E-state index in [9.17, 15) is 0 Å². The van der Waals surface area contributed by atoms with Crippen LogP contribution in [0.15, 0.2) is 243 Å². The maximum Gasteiger partial charge on any atom is 4.00 e. The van der Waals surface area contributed by atoms with Gasteiger partial charge in [0.25, 0.3) is 0 Å². The van der Waals surface area contributed by atoms with Gasteiger partial charge in [-0.3, -0.25) is 5.92 Å². The molecule has 0 saturated carbocycles. The molecule has 13 rings (SSSR count). The number of rotatable bonds is 8. The first-order valence-corrected chi connectivity index (χ1v) is 26.3. The van der Waals surface area contributed by atoms with Crippen molar-refractivity contribution in [2.75, 3.05) is 19.6 Å². The van der Waals surface area contributed by atoms with Crippen molar-refractivity contribution in [1.82, 2.24) is 0 Å². The van der Waals surface area contributed by atoms with Crippen LogP contribution in [0.1, 0.15) is 57.2 Å². The normalized spacial score (nSPS) is 14.5. The molecule has 0 fully saturated rings. The van der Waals surface area contributed by atoms with Crippen molar-refractivity contribution in [2.24, 2.45) is 0 Å². The van der Waals surface area contributed by atoms with Gasteiger partial charge in [-0.05, 0) is 75.8 Å². The van der Waals surface area contributed by atoms with Crippen LogP contribution < -0.4 is 19.6 Å². The third kappa shape index (κ3) is 9.67. The zero-order valence-electron chi connectivity index (χ0n) is 43.8. The molecule has 0 bridgehead atoms. The van der Waals surface area contributed by atoms with Crippen molar-refractivity contribution in [3.8, 4) is 50.4 Å². The summed E-state index contributed by atoms with van der Waals surface area (Å²) < 4.78 is 0. The molecule has 2 heterocycles. The van der Waals surface area contributed by atoms with E-state index >= 15 is 0 Å². The van der Waals surface area contributed by atoms with Gasteiger partial charge in [-0.25, -0.2) is 0 Å². The van der Waals surface area contributed by atoms with Crippen molar-refractivity contribution in [1.29, 1.82) is 0 Å². The third-order valence-electron chi connectivity index (χ3n) is 15.4. The quantitative estimate of drug-likeness (QED) is 0.111. The Morgan fingerprint density at radius 2 is 0.701 bits per heavy atom. The summed E-state index contributed by atoms with van der Waals surface area (Å²) in [6.45, 7) is 13.7. The number of fused-ring (bicyclic) bond motifs is 3. The summed E-state index contributed by atoms with van der Waals surface area (Å²) in [6.07, 6.45) is 9.69. The van der Waals surface area contributed by atoms with Gasteiger partial charge < -0.3 is 26.0 Å². The van der Waals surface area contributed by atoms with Crippen LogP contribution in [-0.4, -0.2) is 0 Å². The van der Waals surface area contributed by atoms with Crippen molar-refractivity contribution < 1.29 is 21.1 Å². The molecule has 3 aliphatic rings. The van der Waals surface area contributed by atoms with E-state index in [1.807, 2.05) is 6.07 Å². The van der Waals surface area contributed by atoms with Crippen molar-refractivity contribution >= 4 is 45.5 Å². The molecule has 0 aromatic heterocycles. The summed E-state index contributed by atoms with van der Waals surface area (Å²) in [4.78, 5) is 9.25. The smallest absolute Gasteiger partial charge is 0.493 e. The van der Waals surface area contributed by atoms with Crippen LogP contribution in [0.25, 0.3) is 44.5 Å². The molecule has 2 aliphatic heterocycles. The Balaban J connectivity index is 0.000000319. The first-order valence-electron chi connectivity index (χ1n) is 26.3. The van der Waals surface area contributed by atoms with Gasteiger partial charge in [-0.2, -0.15) is 6.07 Å². The van der Waals surface area contributed by atoms with E-state index in [1.54, 1.807) is 0 Å². The van der Waals surface area contributed by atoms with E-state index in [0.717, 1.165) is 73.3 Å². The fourth-order valence-corrected chi connectivity index (χ4v) is 11.4. The third-order valence-corrected chi connectivity index (χ3v) is 15.4. The second-order valence-electron chi connectivity index (χ2n) is 21.1. The molecule has 1 aliphatic carbocycles. The number of benzene rings is 10. The van der Waals surface area contributed by atoms with Crippen LogP contribution in [0, 0.1) is 31.7 Å². The molecule has 0 spiro atoms. The van der Waals surface area contributed by atoms with Gasteiger partial charge in [0.05, 0.1) is 0 Å². The maximum atomic E-state index is 7.24. The summed E-state index contributed by atoms with van der Waals surface area (Å²) in [6, 6.07) is 90.0. The second kappa shape index (κ2) is 21.3. The van der Waals surface area contributed by atoms with E-state index in [0.29, 0.717) is 0 Å². The predicted octanol–water partition coefficient (Wildman–Crippen LogP) is 18.9. The summed E-state index contributed by atoms with van der Waals surface area (Å²) in [5.41, 5.74) is 22.1. The first kappa shape index (κ1) is 50.8. The zero-order valence-corrected chi connectivity index (χ0v) is 46.0. The Kier molecular flexibility index (Phi) is 14.1. The summed E-state index contributed by atoms with van der Waals surface area (Å²) in [5.74, 6) is 2.49. The van der Waals surface area contributed by atoms with E-state index in [2.05, 4.69) is 309 Å². The van der Waals surface area contributed by atoms with Crippen molar-refractivity contribution in [3.63, 3.8) is 0 Å². The minimum Gasteiger partial charge on any atom is -0.493 e. The van der Waals surface area contributed by atoms with Gasteiger partial charge in [0.15, 0.2) is 0 Å². The number of hydrogen-bond donors (Lipinski definition) is 0. The molecule has 0 radical (unpaired) electrons. The van der Waals surface area contributed by atoms with Crippen LogP contribution in [0.3, 0.4) is 0 Å². The number of nitrogens with zero attached hydrogens (tertiary/aromatic N) is 4. The molecule has 0 saturated heterocycles. The molecule has 376 valence electrons. The molecular formula is C72H58N4Pt. The Labute approximate surface area is 470 Å². The van der Waals surface area contributed by atoms with E-state index in [4.69, 9.17) is 6.42 Å². The fraction of sp³-hybridized carbons (Fsp3) is 0.111. The largest absolute Gasteiger partial charge is 4.00 e. The summed E-state index contributed by atoms with van der Waals surface area (Å²) in [5, 5.41) is 0. The molecule has 0 unspecified atom stereocenters. The number of anilines is 8. The van der Waals surface area contributed by atoms with Crippen LogP contribution in [-0.2, 0) is 31.9 Å². The van der Waals surface area contributed by atoms with Gasteiger partial charge in [-0.1, -0.05) is 221 Å². The Morgan fingerprint density at radius 3 is 1.06 bits per heavy atom. The minimum atomic E-state index is 0. The van der Waals surface area contributed by atoms with Gasteiger partial charge >= 0.3 is 21.1 Å². The Morgan fingerprint density at radius 1 is 0.377 bits per heavy atom. The van der Waals surface area contributed by atoms with E-state index in [1.165, 1.54) is 46.2 Å². The molecule has 10 aromatic rings. The van der Waals surface area contributed by atoms with Crippen LogP contribution in [0.2, 0.25) is 0 Å². The topological polar surface area (TPSA) is 13.0 Å². The van der Waals surface area contributed by atoms with Gasteiger partial charge in [-0.15, -0.1) is 60.6 Å². The molecule has 4 nitrogen and oxygen atoms in total. The molecular weight excluding hydrogens is 1120 g/mol. The fourth-order valence-electron chi connectivity index (χ4n) is 11.4. The van der Waals surface area contributed by atoms with Crippen molar-refractivity contribution in [2.45, 2.75) is 51.4 Å². The zero-order chi connectivity index (χ0) is 51.8. The SMILES string of the molecule is [C-]#Cc1ccc2c(c1)C(C)(C)CCC2(C)C.[Pt+4].[c-]1c(N2[CH-]N(c3c(-c4ccccc4)cccc3-c3ccccc3)c3ccccc32)cccc1N1[CH-]N(c2c(-c3ccccc3)cccc2-c2ccccc2)c2ccccc21. The van der Waals surface area contributed by atoms with Gasteiger partial charge in [0.1, 0.15) is 0 Å². The Bertz CT molecular complexity index is 3440. The van der Waals surface area contributed by atoms with Gasteiger partial charge in [0.2, 0.25) is 0 Å². The predicted molar refractivity (Wildman–Crippen MR) is 318 cm³/mol. The average molecular weight is 1170 g/mol. The average Bonchev–Trinajstić information content (AvgIpc) is 4.19. The molecule has 5 heteroatoms. The molecule has 77 heavy (non-hydrogen) atoms. The second-order valence-corrected chi connectivity index (χ2v) is 21.1. The summed E-state index contributed by atoms with van der Waals surface area (Å²) in [7, 11) is 0. The Hall–Kier alpha value is -8.35. The standard InChI is InChI=1S/C56H39N4.C16H19.Pt/c1-5-20-41(21-6-1)47-30-18-31-48(42-22-7-2-8-23-42)55(47)59-39-57(51-34-13-15-36-53(51)59)45-28-17-29-46(38-45)58-40-60(54-37-16-14-35-52(54)58)56-49(43-24-9-3-10-25-43)32-19-33-50(56)44-26-11-4-12-27-44;1-6-12-7-8-13-14(11-12)16(4,5)10-9-15(13,2)3;/h1-37,39-40H;7-8,11H,9-10H2,2-5H3;/q-3;-1;+4. The van der Waals surface area contributed by atoms with Gasteiger partial charge in [0, 0.05) is 56.4 Å². The molecule has 10 aromatic carbocycles. The summed E-state index contributed by atoms with van der Waals surface area (Å²) >= 11 is 0. The molecule has 0 N–H and O–H groups in total. The van der Waals surface area contributed by atoms with Crippen LogP contribution in [0.4, 0.5) is 45.5 Å². The van der Waals surface area contributed by atoms with Crippen molar-refractivity contribution in [3.05, 3.63) is 285 Å². The van der Waals surface area contributed by atoms with E-state index < -0.39 is 0 Å². The van der Waals surface area contributed by atoms with Crippen LogP contribution >= 0.6 is 0 Å². The van der Waals surface area contributed by atoms with E-state index in [-0.39, 0.29) is 31.9 Å². The number of para-hydroxylation sites is 6. The number of hydrogen-bond acceptors (Lipinski definition) is 4. The first-order chi connectivity index (χ1) is 37.2. The molecule has 0 atom stereocenters. The maximum absolute atomic E-state index is 7.24. The monoisotopic (exact) mass is 1170 g/mol.